The van der Waals surface area contributed by atoms with E-state index < -0.39 is 5.60 Å². The maximum atomic E-state index is 13.1. The molecule has 1 heterocycles. The van der Waals surface area contributed by atoms with Gasteiger partial charge in [-0.15, -0.1) is 0 Å². The Kier molecular flexibility index (Phi) is 8.33. The molecule has 0 aromatic heterocycles. The molecule has 6 heteroatoms. The summed E-state index contributed by atoms with van der Waals surface area (Å²) in [6, 6.07) is 7.64. The second-order valence-electron chi connectivity index (χ2n) is 8.31. The molecule has 0 bridgehead atoms. The fraction of sp³-hybridized carbons (Fsp3) is 0.696. The van der Waals surface area contributed by atoms with Crippen LogP contribution >= 0.6 is 0 Å². The van der Waals surface area contributed by atoms with Gasteiger partial charge < -0.3 is 19.5 Å². The van der Waals surface area contributed by atoms with E-state index in [2.05, 4.69) is 24.1 Å². The van der Waals surface area contributed by atoms with Crippen LogP contribution in [0.4, 0.5) is 5.69 Å². The van der Waals surface area contributed by atoms with Crippen LogP contribution < -0.4 is 10.1 Å². The molecule has 3 rings (SSSR count). The number of hydrogen-bond acceptors (Lipinski definition) is 5. The van der Waals surface area contributed by atoms with Gasteiger partial charge >= 0.3 is 0 Å². The van der Waals surface area contributed by atoms with Crippen molar-refractivity contribution in [1.29, 1.82) is 0 Å². The highest BCUT2D eigenvalue weighted by Gasteiger charge is 2.42. The summed E-state index contributed by atoms with van der Waals surface area (Å²) in [6.45, 7) is 10.0. The summed E-state index contributed by atoms with van der Waals surface area (Å²) in [5.41, 5.74) is 0.101. The first kappa shape index (κ1) is 22.1. The fourth-order valence-corrected chi connectivity index (χ4v) is 3.96. The third-order valence-corrected chi connectivity index (χ3v) is 5.97. The normalized spacial score (nSPS) is 25.5. The van der Waals surface area contributed by atoms with Crippen molar-refractivity contribution in [2.75, 3.05) is 51.4 Å². The Balaban J connectivity index is 1.50. The lowest BCUT2D eigenvalue weighted by molar-refractivity contribution is -0.147. The lowest BCUT2D eigenvalue weighted by atomic mass is 9.78. The molecule has 2 fully saturated rings. The van der Waals surface area contributed by atoms with E-state index in [1.165, 1.54) is 0 Å². The molecule has 1 amide bonds. The van der Waals surface area contributed by atoms with E-state index in [4.69, 9.17) is 14.2 Å². The first-order valence-corrected chi connectivity index (χ1v) is 11.1. The van der Waals surface area contributed by atoms with Crippen LogP contribution in [0.1, 0.15) is 46.0 Å². The zero-order valence-electron chi connectivity index (χ0n) is 18.0. The van der Waals surface area contributed by atoms with Crippen molar-refractivity contribution >= 4 is 11.6 Å². The molecule has 162 valence electrons. The number of benzene rings is 1. The van der Waals surface area contributed by atoms with E-state index in [1.54, 1.807) is 0 Å². The van der Waals surface area contributed by atoms with Gasteiger partial charge in [0, 0.05) is 31.9 Å². The van der Waals surface area contributed by atoms with Crippen LogP contribution in [-0.2, 0) is 14.3 Å². The molecule has 1 saturated heterocycles. The predicted molar refractivity (Wildman–Crippen MR) is 114 cm³/mol. The Hall–Kier alpha value is -1.63. The number of nitrogens with zero attached hydrogens (tertiary/aromatic N) is 1. The van der Waals surface area contributed by atoms with Crippen LogP contribution in [0.15, 0.2) is 24.3 Å². The van der Waals surface area contributed by atoms with Gasteiger partial charge in [0.2, 0.25) is 0 Å². The first-order valence-electron chi connectivity index (χ1n) is 11.1. The van der Waals surface area contributed by atoms with E-state index in [0.717, 1.165) is 76.4 Å². The van der Waals surface area contributed by atoms with Crippen molar-refractivity contribution in [1.82, 2.24) is 4.90 Å². The molecule has 1 aliphatic carbocycles. The van der Waals surface area contributed by atoms with Gasteiger partial charge in [-0.25, -0.2) is 0 Å². The molecular formula is C23H36N2O4. The Morgan fingerprint density at radius 1 is 1.17 bits per heavy atom. The largest absolute Gasteiger partial charge is 0.492 e. The molecule has 1 aromatic rings. The Morgan fingerprint density at radius 2 is 1.86 bits per heavy atom. The van der Waals surface area contributed by atoms with Gasteiger partial charge in [-0.2, -0.15) is 0 Å². The maximum absolute atomic E-state index is 13.1. The third-order valence-electron chi connectivity index (χ3n) is 5.97. The minimum absolute atomic E-state index is 0.0150. The van der Waals surface area contributed by atoms with Gasteiger partial charge in [0.25, 0.3) is 5.91 Å². The summed E-state index contributed by atoms with van der Waals surface area (Å²) in [7, 11) is 0. The van der Waals surface area contributed by atoms with Gasteiger partial charge in [-0.05, 0) is 62.3 Å². The van der Waals surface area contributed by atoms with Crippen molar-refractivity contribution in [2.45, 2.75) is 51.6 Å². The summed E-state index contributed by atoms with van der Waals surface area (Å²) >= 11 is 0. The summed E-state index contributed by atoms with van der Waals surface area (Å²) in [5, 5.41) is 3.07. The minimum Gasteiger partial charge on any atom is -0.492 e. The monoisotopic (exact) mass is 404 g/mol. The Labute approximate surface area is 174 Å². The average Bonchev–Trinajstić information content (AvgIpc) is 2.75. The molecule has 0 spiro atoms. The molecule has 6 nitrogen and oxygen atoms in total. The van der Waals surface area contributed by atoms with E-state index in [1.807, 2.05) is 24.3 Å². The Bertz CT molecular complexity index is 615. The zero-order chi connectivity index (χ0) is 20.5. The molecule has 29 heavy (non-hydrogen) atoms. The van der Waals surface area contributed by atoms with E-state index in [0.29, 0.717) is 19.1 Å². The quantitative estimate of drug-likeness (QED) is 0.680. The topological polar surface area (TPSA) is 60.0 Å². The van der Waals surface area contributed by atoms with Crippen LogP contribution in [0.25, 0.3) is 0 Å². The van der Waals surface area contributed by atoms with E-state index >= 15 is 0 Å². The minimum atomic E-state index is -0.685. The van der Waals surface area contributed by atoms with Crippen LogP contribution in [0, 0.1) is 5.92 Å². The molecule has 0 atom stereocenters. The maximum Gasteiger partial charge on any atom is 0.256 e. The summed E-state index contributed by atoms with van der Waals surface area (Å²) in [5.74, 6) is 1.47. The number of morpholine rings is 1. The van der Waals surface area contributed by atoms with Gasteiger partial charge in [0.05, 0.1) is 13.2 Å². The fourth-order valence-electron chi connectivity index (χ4n) is 3.96. The van der Waals surface area contributed by atoms with E-state index in [9.17, 15) is 4.79 Å². The van der Waals surface area contributed by atoms with Crippen molar-refractivity contribution in [2.24, 2.45) is 5.92 Å². The highest BCUT2D eigenvalue weighted by molar-refractivity contribution is 5.97. The summed E-state index contributed by atoms with van der Waals surface area (Å²) < 4.78 is 17.3. The van der Waals surface area contributed by atoms with Crippen molar-refractivity contribution < 1.29 is 19.0 Å². The van der Waals surface area contributed by atoms with Gasteiger partial charge in [0.1, 0.15) is 18.0 Å². The predicted octanol–water partition coefficient (Wildman–Crippen LogP) is 3.71. The van der Waals surface area contributed by atoms with Crippen molar-refractivity contribution in [3.05, 3.63) is 24.3 Å². The number of hydrogen-bond donors (Lipinski definition) is 1. The SMILES string of the molecule is CCCOC1(C(=O)Nc2ccc(OCCN3CCOCC3)cc2)CCC(C)CC1. The first-order chi connectivity index (χ1) is 14.1. The lowest BCUT2D eigenvalue weighted by Crippen LogP contribution is -2.48. The molecule has 0 unspecified atom stereocenters. The number of ether oxygens (including phenoxy) is 3. The number of carbonyl (C=O) groups excluding carboxylic acids is 1. The van der Waals surface area contributed by atoms with Crippen molar-refractivity contribution in [3.8, 4) is 5.75 Å². The molecule has 1 aliphatic heterocycles. The molecule has 1 aromatic carbocycles. The molecule has 2 aliphatic rings. The number of anilines is 1. The summed E-state index contributed by atoms with van der Waals surface area (Å²) in [6.07, 6.45) is 4.58. The van der Waals surface area contributed by atoms with Gasteiger partial charge in [-0.1, -0.05) is 13.8 Å². The standard InChI is InChI=1S/C23H36N2O4/c1-3-15-29-23(10-8-19(2)9-11-23)22(26)24-20-4-6-21(7-5-20)28-18-14-25-12-16-27-17-13-25/h4-7,19H,3,8-18H2,1-2H3,(H,24,26). The van der Waals surface area contributed by atoms with Crippen LogP contribution in [0.5, 0.6) is 5.75 Å². The Morgan fingerprint density at radius 3 is 2.52 bits per heavy atom. The van der Waals surface area contributed by atoms with Crippen LogP contribution in [0.3, 0.4) is 0 Å². The van der Waals surface area contributed by atoms with E-state index in [-0.39, 0.29) is 5.91 Å². The second kappa shape index (κ2) is 11.0. The highest BCUT2D eigenvalue weighted by atomic mass is 16.5. The number of amides is 1. The van der Waals surface area contributed by atoms with Gasteiger partial charge in [0.15, 0.2) is 0 Å². The summed E-state index contributed by atoms with van der Waals surface area (Å²) in [4.78, 5) is 15.4. The number of rotatable bonds is 9. The smallest absolute Gasteiger partial charge is 0.256 e. The molecular weight excluding hydrogens is 368 g/mol. The average molecular weight is 405 g/mol. The lowest BCUT2D eigenvalue weighted by Gasteiger charge is -2.38. The highest BCUT2D eigenvalue weighted by Crippen LogP contribution is 2.36. The third kappa shape index (κ3) is 6.43. The number of nitrogens with one attached hydrogen (secondary N) is 1. The number of carbonyl (C=O) groups is 1. The second-order valence-corrected chi connectivity index (χ2v) is 8.31. The zero-order valence-corrected chi connectivity index (χ0v) is 18.0. The van der Waals surface area contributed by atoms with Crippen molar-refractivity contribution in [3.63, 3.8) is 0 Å². The molecule has 0 radical (unpaired) electrons. The van der Waals surface area contributed by atoms with Crippen LogP contribution in [-0.4, -0.2) is 62.5 Å². The molecule has 1 saturated carbocycles. The molecule has 1 N–H and O–H groups in total. The van der Waals surface area contributed by atoms with Gasteiger partial charge in [-0.3, -0.25) is 9.69 Å². The van der Waals surface area contributed by atoms with Crippen LogP contribution in [0.2, 0.25) is 0 Å².